The molecule has 0 bridgehead atoms. The maximum atomic E-state index is 11.0. The number of aliphatic hydroxyl groups excluding tert-OH is 2. The number of ether oxygens (including phenoxy) is 1. The summed E-state index contributed by atoms with van der Waals surface area (Å²) in [6.45, 7) is 4.33. The lowest BCUT2D eigenvalue weighted by molar-refractivity contribution is -0.0270. The van der Waals surface area contributed by atoms with E-state index in [-0.39, 0.29) is 12.4 Å². The highest BCUT2D eigenvalue weighted by Crippen LogP contribution is 2.31. The van der Waals surface area contributed by atoms with Crippen molar-refractivity contribution in [3.63, 3.8) is 0 Å². The lowest BCUT2D eigenvalue weighted by Crippen LogP contribution is -2.33. The minimum Gasteiger partial charge on any atom is -0.507 e. The zero-order valence-electron chi connectivity index (χ0n) is 20.8. The number of phenols is 1. The Balaban J connectivity index is 1.48. The zero-order valence-corrected chi connectivity index (χ0v) is 20.8. The molecule has 0 saturated carbocycles. The van der Waals surface area contributed by atoms with Gasteiger partial charge in [-0.1, -0.05) is 72.8 Å². The van der Waals surface area contributed by atoms with Gasteiger partial charge in [-0.3, -0.25) is 4.98 Å². The van der Waals surface area contributed by atoms with Crippen molar-refractivity contribution in [3.8, 4) is 5.75 Å². The zero-order chi connectivity index (χ0) is 26.0. The molecule has 190 valence electrons. The lowest BCUT2D eigenvalue weighted by Gasteiger charge is -2.25. The standard InChI is InChI=1S/C32H33NO4/c1-2-26(32(36)22-37-21-23-10-4-3-5-11-23)30(34)18-16-25(29-14-8-9-19-33-29)20-24-15-17-31(35)28-13-7-6-12-27(24)28/h2-15,17,19-20,26,30,32,34-36H,1,16,18,21-22H2/b25-20-/t26-,30-,32-/m1/s1. The summed E-state index contributed by atoms with van der Waals surface area (Å²) < 4.78 is 5.69. The summed E-state index contributed by atoms with van der Waals surface area (Å²) >= 11 is 0. The Labute approximate surface area is 218 Å². The molecule has 0 spiro atoms. The molecule has 37 heavy (non-hydrogen) atoms. The number of aliphatic hydroxyl groups is 2. The molecule has 0 aliphatic rings. The minimum atomic E-state index is -0.875. The summed E-state index contributed by atoms with van der Waals surface area (Å²) in [5.74, 6) is -0.296. The second-order valence-corrected chi connectivity index (χ2v) is 9.09. The molecule has 4 rings (SSSR count). The van der Waals surface area contributed by atoms with Crippen molar-refractivity contribution in [2.24, 2.45) is 5.92 Å². The number of rotatable bonds is 12. The molecule has 0 fully saturated rings. The van der Waals surface area contributed by atoms with Gasteiger partial charge in [-0.2, -0.15) is 0 Å². The van der Waals surface area contributed by atoms with Crippen LogP contribution in [-0.4, -0.2) is 39.1 Å². The van der Waals surface area contributed by atoms with Crippen LogP contribution in [0.5, 0.6) is 5.75 Å². The van der Waals surface area contributed by atoms with E-state index in [1.165, 1.54) is 0 Å². The SMILES string of the molecule is C=C[C@H]([C@H](O)CC/C(=C/c1ccc(O)c2ccccc12)c1ccccn1)[C@H](O)COCc1ccccc1. The van der Waals surface area contributed by atoms with Crippen molar-refractivity contribution in [1.29, 1.82) is 0 Å². The maximum Gasteiger partial charge on any atom is 0.123 e. The van der Waals surface area contributed by atoms with Crippen molar-refractivity contribution in [1.82, 2.24) is 4.98 Å². The third-order valence-electron chi connectivity index (χ3n) is 6.53. The van der Waals surface area contributed by atoms with Gasteiger partial charge in [0, 0.05) is 17.5 Å². The normalized spacial score (nSPS) is 14.3. The van der Waals surface area contributed by atoms with Crippen molar-refractivity contribution < 1.29 is 20.1 Å². The molecule has 1 heterocycles. The van der Waals surface area contributed by atoms with E-state index in [1.54, 1.807) is 18.3 Å². The molecule has 3 aromatic carbocycles. The Morgan fingerprint density at radius 1 is 0.865 bits per heavy atom. The average molecular weight is 496 g/mol. The van der Waals surface area contributed by atoms with Crippen LogP contribution in [-0.2, 0) is 11.3 Å². The third kappa shape index (κ3) is 6.92. The molecule has 0 amide bonds. The monoisotopic (exact) mass is 495 g/mol. The number of nitrogens with zero attached hydrogens (tertiary/aromatic N) is 1. The Hall–Kier alpha value is -3.77. The Kier molecular flexibility index (Phi) is 9.22. The van der Waals surface area contributed by atoms with E-state index >= 15 is 0 Å². The first-order valence-electron chi connectivity index (χ1n) is 12.5. The molecule has 3 atom stereocenters. The molecule has 0 saturated heterocycles. The predicted molar refractivity (Wildman–Crippen MR) is 149 cm³/mol. The highest BCUT2D eigenvalue weighted by Gasteiger charge is 2.25. The molecule has 0 aliphatic heterocycles. The number of allylic oxidation sites excluding steroid dienone is 1. The molecule has 1 aromatic heterocycles. The molecule has 5 heteroatoms. The summed E-state index contributed by atoms with van der Waals surface area (Å²) in [4.78, 5) is 4.53. The van der Waals surface area contributed by atoms with Gasteiger partial charge in [-0.15, -0.1) is 6.58 Å². The lowest BCUT2D eigenvalue weighted by atomic mass is 9.90. The number of hydrogen-bond acceptors (Lipinski definition) is 5. The molecular formula is C32H33NO4. The Morgan fingerprint density at radius 3 is 2.32 bits per heavy atom. The Morgan fingerprint density at radius 2 is 1.59 bits per heavy atom. The van der Waals surface area contributed by atoms with Crippen LogP contribution in [0.4, 0.5) is 0 Å². The minimum absolute atomic E-state index is 0.102. The summed E-state index contributed by atoms with van der Waals surface area (Å²) in [6.07, 6.45) is 4.66. The van der Waals surface area contributed by atoms with Gasteiger partial charge in [-0.25, -0.2) is 0 Å². The summed E-state index contributed by atoms with van der Waals surface area (Å²) in [7, 11) is 0. The number of aromatic nitrogens is 1. The Bertz CT molecular complexity index is 1320. The number of phenolic OH excluding ortho intramolecular Hbond substituents is 1. The van der Waals surface area contributed by atoms with Gasteiger partial charge in [0.1, 0.15) is 5.75 Å². The second-order valence-electron chi connectivity index (χ2n) is 9.09. The smallest absolute Gasteiger partial charge is 0.123 e. The van der Waals surface area contributed by atoms with Crippen molar-refractivity contribution in [2.75, 3.05) is 6.61 Å². The largest absolute Gasteiger partial charge is 0.507 e. The molecular weight excluding hydrogens is 462 g/mol. The number of hydrogen-bond donors (Lipinski definition) is 3. The van der Waals surface area contributed by atoms with Crippen molar-refractivity contribution >= 4 is 22.4 Å². The highest BCUT2D eigenvalue weighted by molar-refractivity contribution is 5.98. The van der Waals surface area contributed by atoms with Crippen molar-refractivity contribution in [2.45, 2.75) is 31.7 Å². The fourth-order valence-corrected chi connectivity index (χ4v) is 4.50. The number of benzene rings is 3. The average Bonchev–Trinajstić information content (AvgIpc) is 2.94. The van der Waals surface area contributed by atoms with E-state index in [2.05, 4.69) is 17.6 Å². The van der Waals surface area contributed by atoms with Crippen LogP contribution in [0.2, 0.25) is 0 Å². The van der Waals surface area contributed by atoms with Gasteiger partial charge in [0.2, 0.25) is 0 Å². The number of pyridine rings is 1. The van der Waals surface area contributed by atoms with Crippen LogP contribution in [0.1, 0.15) is 29.7 Å². The fourth-order valence-electron chi connectivity index (χ4n) is 4.50. The summed E-state index contributed by atoms with van der Waals surface area (Å²) in [5.41, 5.74) is 3.75. The summed E-state index contributed by atoms with van der Waals surface area (Å²) in [6, 6.07) is 26.8. The van der Waals surface area contributed by atoms with Gasteiger partial charge in [0.05, 0.1) is 31.1 Å². The van der Waals surface area contributed by atoms with E-state index in [1.807, 2.05) is 78.9 Å². The van der Waals surface area contributed by atoms with Gasteiger partial charge in [-0.05, 0) is 59.2 Å². The van der Waals surface area contributed by atoms with E-state index in [0.29, 0.717) is 19.4 Å². The van der Waals surface area contributed by atoms with Crippen LogP contribution in [0.3, 0.4) is 0 Å². The second kappa shape index (κ2) is 13.0. The maximum absolute atomic E-state index is 11.0. The fraction of sp³-hybridized carbons (Fsp3) is 0.219. The molecule has 3 N–H and O–H groups in total. The van der Waals surface area contributed by atoms with Crippen LogP contribution >= 0.6 is 0 Å². The third-order valence-corrected chi connectivity index (χ3v) is 6.53. The molecule has 4 aromatic rings. The summed E-state index contributed by atoms with van der Waals surface area (Å²) in [5, 5.41) is 33.7. The molecule has 0 aliphatic carbocycles. The van der Waals surface area contributed by atoms with Crippen molar-refractivity contribution in [3.05, 3.63) is 121 Å². The first-order chi connectivity index (χ1) is 18.1. The van der Waals surface area contributed by atoms with Gasteiger partial charge in [0.25, 0.3) is 0 Å². The van der Waals surface area contributed by atoms with Crippen LogP contribution in [0, 0.1) is 5.92 Å². The molecule has 0 radical (unpaired) electrons. The number of fused-ring (bicyclic) bond motifs is 1. The van der Waals surface area contributed by atoms with E-state index in [9.17, 15) is 15.3 Å². The first kappa shape index (κ1) is 26.3. The number of aromatic hydroxyl groups is 1. The topological polar surface area (TPSA) is 82.8 Å². The van der Waals surface area contributed by atoms with E-state index in [4.69, 9.17) is 4.74 Å². The van der Waals surface area contributed by atoms with Gasteiger partial charge < -0.3 is 20.1 Å². The highest BCUT2D eigenvalue weighted by atomic mass is 16.5. The van der Waals surface area contributed by atoms with Crippen LogP contribution in [0.25, 0.3) is 22.4 Å². The first-order valence-corrected chi connectivity index (χ1v) is 12.5. The van der Waals surface area contributed by atoms with Crippen LogP contribution in [0.15, 0.2) is 104 Å². The van der Waals surface area contributed by atoms with Gasteiger partial charge in [0.15, 0.2) is 0 Å². The van der Waals surface area contributed by atoms with Crippen LogP contribution < -0.4 is 0 Å². The van der Waals surface area contributed by atoms with E-state index in [0.717, 1.165) is 33.2 Å². The quantitative estimate of drug-likeness (QED) is 0.210. The van der Waals surface area contributed by atoms with E-state index < -0.39 is 18.1 Å². The van der Waals surface area contributed by atoms with Gasteiger partial charge >= 0.3 is 0 Å². The molecule has 5 nitrogen and oxygen atoms in total. The predicted octanol–water partition coefficient (Wildman–Crippen LogP) is 6.00. The molecule has 0 unspecified atom stereocenters.